The van der Waals surface area contributed by atoms with Gasteiger partial charge in [-0.1, -0.05) is 30.3 Å². The molecule has 0 radical (unpaired) electrons. The number of carbonyl (C=O) groups is 1. The van der Waals surface area contributed by atoms with Gasteiger partial charge in [0.15, 0.2) is 0 Å². The van der Waals surface area contributed by atoms with Gasteiger partial charge in [0.1, 0.15) is 6.61 Å². The molecule has 0 atom stereocenters. The Bertz CT molecular complexity index is 354. The van der Waals surface area contributed by atoms with Crippen LogP contribution in [0, 0.1) is 0 Å². The monoisotopic (exact) mass is 265 g/mol. The molecule has 0 heterocycles. The van der Waals surface area contributed by atoms with Crippen LogP contribution in [-0.4, -0.2) is 44.3 Å². The molecule has 0 spiro atoms. The molecular weight excluding hydrogens is 242 g/mol. The molecular formula is C15H23NO3. The van der Waals surface area contributed by atoms with Crippen LogP contribution >= 0.6 is 0 Å². The minimum absolute atomic E-state index is 0.193. The molecule has 0 amide bonds. The van der Waals surface area contributed by atoms with Crippen molar-refractivity contribution in [3.05, 3.63) is 35.9 Å². The number of hydrogen-bond donors (Lipinski definition) is 0. The van der Waals surface area contributed by atoms with Gasteiger partial charge >= 0.3 is 5.97 Å². The van der Waals surface area contributed by atoms with Gasteiger partial charge in [0.2, 0.25) is 0 Å². The van der Waals surface area contributed by atoms with E-state index in [2.05, 4.69) is 17.0 Å². The van der Waals surface area contributed by atoms with Gasteiger partial charge in [0.25, 0.3) is 0 Å². The lowest BCUT2D eigenvalue weighted by Crippen LogP contribution is -2.24. The Morgan fingerprint density at radius 2 is 1.95 bits per heavy atom. The van der Waals surface area contributed by atoms with Crippen molar-refractivity contribution in [2.24, 2.45) is 0 Å². The Balaban J connectivity index is 2.10. The van der Waals surface area contributed by atoms with E-state index in [1.807, 2.05) is 32.2 Å². The van der Waals surface area contributed by atoms with E-state index in [1.54, 1.807) is 0 Å². The van der Waals surface area contributed by atoms with Crippen LogP contribution < -0.4 is 0 Å². The summed E-state index contributed by atoms with van der Waals surface area (Å²) in [5.41, 5.74) is 1.26. The highest BCUT2D eigenvalue weighted by Crippen LogP contribution is 2.02. The van der Waals surface area contributed by atoms with Crippen LogP contribution in [0.2, 0.25) is 0 Å². The van der Waals surface area contributed by atoms with E-state index in [0.29, 0.717) is 26.2 Å². The molecule has 0 saturated heterocycles. The van der Waals surface area contributed by atoms with Crippen LogP contribution in [0.15, 0.2) is 30.3 Å². The zero-order chi connectivity index (χ0) is 13.9. The van der Waals surface area contributed by atoms with Crippen molar-refractivity contribution in [3.8, 4) is 0 Å². The quantitative estimate of drug-likeness (QED) is 0.506. The summed E-state index contributed by atoms with van der Waals surface area (Å²) < 4.78 is 10.2. The Hall–Kier alpha value is -1.39. The van der Waals surface area contributed by atoms with Crippen LogP contribution in [0.3, 0.4) is 0 Å². The fourth-order valence-corrected chi connectivity index (χ4v) is 1.66. The van der Waals surface area contributed by atoms with Gasteiger partial charge in [0, 0.05) is 19.7 Å². The minimum Gasteiger partial charge on any atom is -0.464 e. The van der Waals surface area contributed by atoms with Gasteiger partial charge in [-0.25, -0.2) is 0 Å². The summed E-state index contributed by atoms with van der Waals surface area (Å²) in [7, 11) is 2.01. The Kier molecular flexibility index (Phi) is 7.86. The van der Waals surface area contributed by atoms with Gasteiger partial charge in [-0.2, -0.15) is 0 Å². The topological polar surface area (TPSA) is 38.8 Å². The van der Waals surface area contributed by atoms with E-state index >= 15 is 0 Å². The van der Waals surface area contributed by atoms with Gasteiger partial charge in [-0.3, -0.25) is 9.69 Å². The first-order chi connectivity index (χ1) is 9.22. The molecule has 1 aromatic carbocycles. The first-order valence-corrected chi connectivity index (χ1v) is 6.68. The maximum Gasteiger partial charge on any atom is 0.308 e. The number of nitrogens with zero attached hydrogens (tertiary/aromatic N) is 1. The van der Waals surface area contributed by atoms with Crippen molar-refractivity contribution in [2.45, 2.75) is 19.9 Å². The Labute approximate surface area is 115 Å². The predicted molar refractivity (Wildman–Crippen MR) is 74.8 cm³/mol. The molecule has 106 valence electrons. The first kappa shape index (κ1) is 15.7. The average molecular weight is 265 g/mol. The van der Waals surface area contributed by atoms with Crippen molar-refractivity contribution in [1.29, 1.82) is 0 Å². The van der Waals surface area contributed by atoms with Crippen molar-refractivity contribution in [3.63, 3.8) is 0 Å². The van der Waals surface area contributed by atoms with Crippen LogP contribution in [0.4, 0.5) is 0 Å². The standard InChI is InChI=1S/C15H23NO3/c1-3-18-11-9-15(17)19-12-10-16(2)13-14-7-5-4-6-8-14/h4-8H,3,9-13H2,1-2H3. The third-order valence-electron chi connectivity index (χ3n) is 2.69. The number of likely N-dealkylation sites (N-methyl/N-ethyl adjacent to an activating group) is 1. The molecule has 0 aromatic heterocycles. The van der Waals surface area contributed by atoms with Crippen molar-refractivity contribution in [2.75, 3.05) is 33.4 Å². The maximum absolute atomic E-state index is 11.3. The predicted octanol–water partition coefficient (Wildman–Crippen LogP) is 2.09. The molecule has 4 heteroatoms. The van der Waals surface area contributed by atoms with Gasteiger partial charge in [-0.05, 0) is 19.5 Å². The van der Waals surface area contributed by atoms with Gasteiger partial charge in [0.05, 0.1) is 13.0 Å². The SMILES string of the molecule is CCOCCC(=O)OCCN(C)Cc1ccccc1. The van der Waals surface area contributed by atoms with E-state index in [-0.39, 0.29) is 5.97 Å². The number of benzene rings is 1. The molecule has 0 unspecified atom stereocenters. The average Bonchev–Trinajstić information content (AvgIpc) is 2.40. The highest BCUT2D eigenvalue weighted by molar-refractivity contribution is 5.69. The molecule has 0 N–H and O–H groups in total. The van der Waals surface area contributed by atoms with Crippen LogP contribution in [0.25, 0.3) is 0 Å². The Morgan fingerprint density at radius 1 is 1.21 bits per heavy atom. The van der Waals surface area contributed by atoms with Crippen LogP contribution in [-0.2, 0) is 20.8 Å². The number of carbonyl (C=O) groups excluding carboxylic acids is 1. The molecule has 1 aromatic rings. The first-order valence-electron chi connectivity index (χ1n) is 6.68. The largest absolute Gasteiger partial charge is 0.464 e. The second-order valence-corrected chi connectivity index (χ2v) is 4.39. The van der Waals surface area contributed by atoms with Gasteiger partial charge in [-0.15, -0.1) is 0 Å². The molecule has 4 nitrogen and oxygen atoms in total. The number of rotatable bonds is 9. The molecule has 0 saturated carbocycles. The fraction of sp³-hybridized carbons (Fsp3) is 0.533. The zero-order valence-electron chi connectivity index (χ0n) is 11.8. The number of esters is 1. The summed E-state index contributed by atoms with van der Waals surface area (Å²) in [5, 5.41) is 0. The third kappa shape index (κ3) is 7.59. The summed E-state index contributed by atoms with van der Waals surface area (Å²) in [6.45, 7) is 4.99. The Morgan fingerprint density at radius 3 is 2.63 bits per heavy atom. The summed E-state index contributed by atoms with van der Waals surface area (Å²) in [6, 6.07) is 10.2. The second kappa shape index (κ2) is 9.53. The molecule has 0 fully saturated rings. The van der Waals surface area contributed by atoms with E-state index in [4.69, 9.17) is 9.47 Å². The number of hydrogen-bond acceptors (Lipinski definition) is 4. The summed E-state index contributed by atoms with van der Waals surface area (Å²) in [5.74, 6) is -0.193. The summed E-state index contributed by atoms with van der Waals surface area (Å²) in [4.78, 5) is 13.5. The highest BCUT2D eigenvalue weighted by atomic mass is 16.5. The lowest BCUT2D eigenvalue weighted by Gasteiger charge is -2.16. The molecule has 0 bridgehead atoms. The lowest BCUT2D eigenvalue weighted by atomic mass is 10.2. The van der Waals surface area contributed by atoms with Gasteiger partial charge < -0.3 is 9.47 Å². The van der Waals surface area contributed by atoms with Crippen LogP contribution in [0.1, 0.15) is 18.9 Å². The second-order valence-electron chi connectivity index (χ2n) is 4.39. The zero-order valence-corrected chi connectivity index (χ0v) is 11.8. The normalized spacial score (nSPS) is 10.7. The molecule has 19 heavy (non-hydrogen) atoms. The minimum atomic E-state index is -0.193. The molecule has 0 aliphatic heterocycles. The maximum atomic E-state index is 11.3. The number of ether oxygens (including phenoxy) is 2. The fourth-order valence-electron chi connectivity index (χ4n) is 1.66. The highest BCUT2D eigenvalue weighted by Gasteiger charge is 2.04. The van der Waals surface area contributed by atoms with E-state index in [1.165, 1.54) is 5.56 Å². The van der Waals surface area contributed by atoms with Crippen LogP contribution in [0.5, 0.6) is 0 Å². The summed E-state index contributed by atoms with van der Waals surface area (Å²) in [6.07, 6.45) is 0.330. The van der Waals surface area contributed by atoms with E-state index in [0.717, 1.165) is 13.1 Å². The van der Waals surface area contributed by atoms with Crippen molar-refractivity contribution >= 4 is 5.97 Å². The van der Waals surface area contributed by atoms with Crippen molar-refractivity contribution < 1.29 is 14.3 Å². The third-order valence-corrected chi connectivity index (χ3v) is 2.69. The molecule has 1 rings (SSSR count). The van der Waals surface area contributed by atoms with Crippen molar-refractivity contribution in [1.82, 2.24) is 4.90 Å². The smallest absolute Gasteiger partial charge is 0.308 e. The lowest BCUT2D eigenvalue weighted by molar-refractivity contribution is -0.145. The van der Waals surface area contributed by atoms with E-state index in [9.17, 15) is 4.79 Å². The summed E-state index contributed by atoms with van der Waals surface area (Å²) >= 11 is 0. The van der Waals surface area contributed by atoms with E-state index < -0.39 is 0 Å². The molecule has 0 aliphatic carbocycles. The molecule has 0 aliphatic rings.